The van der Waals surface area contributed by atoms with Gasteiger partial charge in [-0.25, -0.2) is 4.79 Å². The first kappa shape index (κ1) is 12.0. The molecular formula is C11H12O5. The number of rotatable bonds is 3. The van der Waals surface area contributed by atoms with E-state index in [4.69, 9.17) is 4.74 Å². The Morgan fingerprint density at radius 1 is 1.31 bits per heavy atom. The Morgan fingerprint density at radius 3 is 2.44 bits per heavy atom. The summed E-state index contributed by atoms with van der Waals surface area (Å²) in [6, 6.07) is 6.10. The number of esters is 2. The first-order chi connectivity index (χ1) is 7.56. The fourth-order valence-corrected chi connectivity index (χ4v) is 1.22. The molecule has 1 atom stereocenters. The van der Waals surface area contributed by atoms with Gasteiger partial charge in [0.05, 0.1) is 7.11 Å². The van der Waals surface area contributed by atoms with Crippen molar-refractivity contribution in [1.82, 2.24) is 0 Å². The lowest BCUT2D eigenvalue weighted by molar-refractivity contribution is -0.165. The molecule has 1 aromatic carbocycles. The smallest absolute Gasteiger partial charge is 0.352 e. The molecule has 0 spiro atoms. The number of hydrogen-bond acceptors (Lipinski definition) is 5. The van der Waals surface area contributed by atoms with Crippen LogP contribution in [0.15, 0.2) is 24.3 Å². The summed E-state index contributed by atoms with van der Waals surface area (Å²) in [4.78, 5) is 22.2. The monoisotopic (exact) mass is 224 g/mol. The highest BCUT2D eigenvalue weighted by Gasteiger charge is 2.26. The Bertz CT molecular complexity index is 399. The molecule has 1 rings (SSSR count). The summed E-state index contributed by atoms with van der Waals surface area (Å²) >= 11 is 0. The second kappa shape index (κ2) is 5.16. The fourth-order valence-electron chi connectivity index (χ4n) is 1.22. The largest absolute Gasteiger partial charge is 0.508 e. The normalized spacial score (nSPS) is 11.6. The Hall–Kier alpha value is -2.04. The minimum atomic E-state index is -1.23. The van der Waals surface area contributed by atoms with E-state index in [1.807, 2.05) is 0 Å². The molecule has 0 heterocycles. The Kier molecular flexibility index (Phi) is 3.88. The van der Waals surface area contributed by atoms with Crippen LogP contribution in [0.3, 0.4) is 0 Å². The highest BCUT2D eigenvalue weighted by atomic mass is 16.6. The first-order valence-corrected chi connectivity index (χ1v) is 4.59. The number of para-hydroxylation sites is 1. The lowest BCUT2D eigenvalue weighted by Gasteiger charge is -2.15. The zero-order valence-electron chi connectivity index (χ0n) is 8.97. The predicted molar refractivity (Wildman–Crippen MR) is 54.6 cm³/mol. The van der Waals surface area contributed by atoms with Gasteiger partial charge in [0.1, 0.15) is 5.75 Å². The second-order valence-electron chi connectivity index (χ2n) is 3.07. The van der Waals surface area contributed by atoms with Gasteiger partial charge in [-0.15, -0.1) is 0 Å². The van der Waals surface area contributed by atoms with Crippen molar-refractivity contribution < 1.29 is 24.2 Å². The number of carbonyl (C=O) groups is 2. The predicted octanol–water partition coefficient (Wildman–Crippen LogP) is 1.17. The van der Waals surface area contributed by atoms with Crippen molar-refractivity contribution in [3.05, 3.63) is 29.8 Å². The summed E-state index contributed by atoms with van der Waals surface area (Å²) in [6.07, 6.45) is -1.23. The summed E-state index contributed by atoms with van der Waals surface area (Å²) in [5.41, 5.74) is 0.199. The van der Waals surface area contributed by atoms with Crippen molar-refractivity contribution in [2.45, 2.75) is 13.0 Å². The molecule has 1 unspecified atom stereocenters. The summed E-state index contributed by atoms with van der Waals surface area (Å²) in [5.74, 6) is -1.49. The maximum Gasteiger partial charge on any atom is 0.352 e. The van der Waals surface area contributed by atoms with Crippen molar-refractivity contribution >= 4 is 11.9 Å². The van der Waals surface area contributed by atoms with Crippen LogP contribution in [-0.2, 0) is 19.1 Å². The minimum absolute atomic E-state index is 0.126. The van der Waals surface area contributed by atoms with Crippen LogP contribution in [0.25, 0.3) is 0 Å². The van der Waals surface area contributed by atoms with Crippen molar-refractivity contribution in [1.29, 1.82) is 0 Å². The van der Waals surface area contributed by atoms with E-state index in [2.05, 4.69) is 4.74 Å². The van der Waals surface area contributed by atoms with E-state index in [0.717, 1.165) is 0 Å². The van der Waals surface area contributed by atoms with E-state index < -0.39 is 18.0 Å². The summed E-state index contributed by atoms with van der Waals surface area (Å²) in [6.45, 7) is 1.18. The molecule has 5 nitrogen and oxygen atoms in total. The molecule has 86 valence electrons. The molecule has 0 aliphatic heterocycles. The number of ether oxygens (including phenoxy) is 2. The first-order valence-electron chi connectivity index (χ1n) is 4.59. The molecule has 0 aliphatic carbocycles. The third-order valence-corrected chi connectivity index (χ3v) is 1.92. The zero-order valence-corrected chi connectivity index (χ0v) is 8.97. The van der Waals surface area contributed by atoms with Crippen LogP contribution >= 0.6 is 0 Å². The Morgan fingerprint density at radius 2 is 1.94 bits per heavy atom. The molecule has 1 aromatic rings. The average molecular weight is 224 g/mol. The van der Waals surface area contributed by atoms with Crippen LogP contribution in [0.5, 0.6) is 5.75 Å². The van der Waals surface area contributed by atoms with Crippen LogP contribution in [0.1, 0.15) is 18.6 Å². The maximum absolute atomic E-state index is 11.4. The quantitative estimate of drug-likeness (QED) is 0.780. The molecule has 16 heavy (non-hydrogen) atoms. The number of carbonyl (C=O) groups excluding carboxylic acids is 2. The fraction of sp³-hybridized carbons (Fsp3) is 0.273. The van der Waals surface area contributed by atoms with E-state index in [1.54, 1.807) is 12.1 Å². The van der Waals surface area contributed by atoms with E-state index >= 15 is 0 Å². The molecule has 0 saturated carbocycles. The summed E-state index contributed by atoms with van der Waals surface area (Å²) in [7, 11) is 1.18. The van der Waals surface area contributed by atoms with E-state index in [9.17, 15) is 14.7 Å². The molecule has 0 amide bonds. The van der Waals surface area contributed by atoms with Crippen LogP contribution in [0.2, 0.25) is 0 Å². The molecule has 1 N–H and O–H groups in total. The summed E-state index contributed by atoms with van der Waals surface area (Å²) in [5, 5.41) is 9.54. The van der Waals surface area contributed by atoms with Crippen LogP contribution in [0, 0.1) is 0 Å². The van der Waals surface area contributed by atoms with Gasteiger partial charge < -0.3 is 14.6 Å². The molecule has 0 fully saturated rings. The highest BCUT2D eigenvalue weighted by molar-refractivity contribution is 5.80. The Labute approximate surface area is 92.6 Å². The van der Waals surface area contributed by atoms with Crippen molar-refractivity contribution in [2.75, 3.05) is 7.11 Å². The van der Waals surface area contributed by atoms with Gasteiger partial charge in [-0.2, -0.15) is 0 Å². The maximum atomic E-state index is 11.4. The lowest BCUT2D eigenvalue weighted by atomic mass is 10.1. The molecule has 0 aromatic heterocycles. The molecule has 0 saturated heterocycles. The SMILES string of the molecule is COC(=O)C(OC(C)=O)c1ccccc1O. The van der Waals surface area contributed by atoms with Crippen molar-refractivity contribution in [3.63, 3.8) is 0 Å². The molecule has 5 heteroatoms. The van der Waals surface area contributed by atoms with E-state index in [1.165, 1.54) is 26.2 Å². The molecule has 0 radical (unpaired) electrons. The number of phenolic OH excluding ortho intramolecular Hbond substituents is 1. The number of phenols is 1. The standard InChI is InChI=1S/C11H12O5/c1-7(12)16-10(11(14)15-2)8-5-3-4-6-9(8)13/h3-6,10,13H,1-2H3. The second-order valence-corrected chi connectivity index (χ2v) is 3.07. The highest BCUT2D eigenvalue weighted by Crippen LogP contribution is 2.27. The molecule has 0 aliphatic rings. The van der Waals surface area contributed by atoms with Crippen molar-refractivity contribution in [3.8, 4) is 5.75 Å². The van der Waals surface area contributed by atoms with Crippen LogP contribution in [-0.4, -0.2) is 24.2 Å². The summed E-state index contributed by atoms with van der Waals surface area (Å²) < 4.78 is 9.29. The number of benzene rings is 1. The third-order valence-electron chi connectivity index (χ3n) is 1.92. The lowest BCUT2D eigenvalue weighted by Crippen LogP contribution is -2.19. The zero-order chi connectivity index (χ0) is 12.1. The van der Waals surface area contributed by atoms with Crippen LogP contribution in [0.4, 0.5) is 0 Å². The van der Waals surface area contributed by atoms with Gasteiger partial charge in [0, 0.05) is 12.5 Å². The molecular weight excluding hydrogens is 212 g/mol. The van der Waals surface area contributed by atoms with E-state index in [0.29, 0.717) is 0 Å². The van der Waals surface area contributed by atoms with E-state index in [-0.39, 0.29) is 11.3 Å². The molecule has 0 bridgehead atoms. The van der Waals surface area contributed by atoms with Gasteiger partial charge in [0.25, 0.3) is 0 Å². The number of methoxy groups -OCH3 is 1. The number of hydrogen-bond donors (Lipinski definition) is 1. The Balaban J connectivity index is 3.06. The topological polar surface area (TPSA) is 72.8 Å². The third kappa shape index (κ3) is 2.73. The van der Waals surface area contributed by atoms with Gasteiger partial charge in [-0.1, -0.05) is 18.2 Å². The minimum Gasteiger partial charge on any atom is -0.508 e. The van der Waals surface area contributed by atoms with Gasteiger partial charge in [0.2, 0.25) is 6.10 Å². The average Bonchev–Trinajstić information content (AvgIpc) is 2.26. The van der Waals surface area contributed by atoms with Crippen LogP contribution < -0.4 is 0 Å². The van der Waals surface area contributed by atoms with Crippen molar-refractivity contribution in [2.24, 2.45) is 0 Å². The van der Waals surface area contributed by atoms with Gasteiger partial charge in [0.15, 0.2) is 0 Å². The van der Waals surface area contributed by atoms with Gasteiger partial charge in [-0.3, -0.25) is 4.79 Å². The van der Waals surface area contributed by atoms with Gasteiger partial charge >= 0.3 is 11.9 Å². The number of aromatic hydroxyl groups is 1. The van der Waals surface area contributed by atoms with Gasteiger partial charge in [-0.05, 0) is 6.07 Å².